The van der Waals surface area contributed by atoms with Crippen LogP contribution in [0.25, 0.3) is 0 Å². The summed E-state index contributed by atoms with van der Waals surface area (Å²) in [5.41, 5.74) is 3.62. The summed E-state index contributed by atoms with van der Waals surface area (Å²) in [5, 5.41) is 9.36. The number of ether oxygens (including phenoxy) is 2. The third-order valence-electron chi connectivity index (χ3n) is 5.41. The molecule has 0 unspecified atom stereocenters. The predicted octanol–water partition coefficient (Wildman–Crippen LogP) is 5.62. The maximum absolute atomic E-state index is 9.36. The normalized spacial score (nSPS) is 13.6. The molecule has 152 valence electrons. The first-order valence-corrected chi connectivity index (χ1v) is 10.3. The fourth-order valence-electron chi connectivity index (χ4n) is 3.86. The van der Waals surface area contributed by atoms with Gasteiger partial charge in [0.15, 0.2) is 11.5 Å². The summed E-state index contributed by atoms with van der Waals surface area (Å²) in [6.07, 6.45) is 8.45. The Kier molecular flexibility index (Phi) is 6.14. The van der Waals surface area contributed by atoms with E-state index in [2.05, 4.69) is 16.0 Å². The first-order chi connectivity index (χ1) is 14.8. The molecule has 30 heavy (non-hydrogen) atoms. The van der Waals surface area contributed by atoms with Gasteiger partial charge in [-0.1, -0.05) is 12.1 Å². The molecule has 1 aliphatic carbocycles. The Morgan fingerprint density at radius 2 is 1.87 bits per heavy atom. The van der Waals surface area contributed by atoms with Crippen LogP contribution in [-0.2, 0) is 6.54 Å². The zero-order valence-electron chi connectivity index (χ0n) is 17.1. The lowest BCUT2D eigenvalue weighted by molar-refractivity contribution is 0.201. The van der Waals surface area contributed by atoms with Gasteiger partial charge in [-0.15, -0.1) is 0 Å². The average Bonchev–Trinajstić information content (AvgIpc) is 3.31. The van der Waals surface area contributed by atoms with Crippen molar-refractivity contribution in [3.63, 3.8) is 0 Å². The van der Waals surface area contributed by atoms with Gasteiger partial charge in [0.1, 0.15) is 0 Å². The van der Waals surface area contributed by atoms with Gasteiger partial charge in [0.05, 0.1) is 24.8 Å². The number of rotatable bonds is 7. The van der Waals surface area contributed by atoms with E-state index in [1.165, 1.54) is 12.8 Å². The molecule has 0 bridgehead atoms. The first kappa shape index (κ1) is 19.8. The lowest BCUT2D eigenvalue weighted by Gasteiger charge is -2.27. The van der Waals surface area contributed by atoms with Crippen molar-refractivity contribution in [1.29, 1.82) is 5.26 Å². The maximum Gasteiger partial charge on any atom is 0.163 e. The van der Waals surface area contributed by atoms with Gasteiger partial charge in [0.25, 0.3) is 0 Å². The van der Waals surface area contributed by atoms with Gasteiger partial charge < -0.3 is 14.4 Å². The van der Waals surface area contributed by atoms with E-state index in [0.717, 1.165) is 41.3 Å². The highest BCUT2D eigenvalue weighted by molar-refractivity contribution is 5.67. The number of nitriles is 1. The lowest BCUT2D eigenvalue weighted by atomic mass is 10.1. The summed E-state index contributed by atoms with van der Waals surface area (Å²) in [4.78, 5) is 6.41. The van der Waals surface area contributed by atoms with E-state index in [-0.39, 0.29) is 6.10 Å². The second kappa shape index (κ2) is 9.32. The number of benzene rings is 2. The van der Waals surface area contributed by atoms with E-state index in [9.17, 15) is 5.26 Å². The van der Waals surface area contributed by atoms with Gasteiger partial charge in [-0.3, -0.25) is 4.98 Å². The highest BCUT2D eigenvalue weighted by atomic mass is 16.5. The molecule has 0 atom stereocenters. The molecule has 1 heterocycles. The molecule has 3 aromatic rings. The van der Waals surface area contributed by atoms with Crippen molar-refractivity contribution in [3.8, 4) is 17.6 Å². The largest absolute Gasteiger partial charge is 0.493 e. The zero-order valence-corrected chi connectivity index (χ0v) is 17.1. The summed E-state index contributed by atoms with van der Waals surface area (Å²) < 4.78 is 11.9. The summed E-state index contributed by atoms with van der Waals surface area (Å²) >= 11 is 0. The molecular formula is C25H25N3O2. The van der Waals surface area contributed by atoms with Crippen LogP contribution in [0.1, 0.15) is 36.8 Å². The maximum atomic E-state index is 9.36. The van der Waals surface area contributed by atoms with Gasteiger partial charge in [-0.2, -0.15) is 5.26 Å². The quantitative estimate of drug-likeness (QED) is 0.516. The first-order valence-electron chi connectivity index (χ1n) is 10.3. The summed E-state index contributed by atoms with van der Waals surface area (Å²) in [5.74, 6) is 1.49. The molecule has 5 heteroatoms. The molecule has 1 fully saturated rings. The number of methoxy groups -OCH3 is 1. The summed E-state index contributed by atoms with van der Waals surface area (Å²) in [7, 11) is 1.67. The van der Waals surface area contributed by atoms with Crippen LogP contribution >= 0.6 is 0 Å². The van der Waals surface area contributed by atoms with Gasteiger partial charge in [-0.25, -0.2) is 0 Å². The minimum atomic E-state index is 0.239. The molecule has 4 rings (SSSR count). The smallest absolute Gasteiger partial charge is 0.163 e. The van der Waals surface area contributed by atoms with Gasteiger partial charge in [0.2, 0.25) is 0 Å². The molecule has 1 aliphatic rings. The number of anilines is 2. The monoisotopic (exact) mass is 399 g/mol. The Hall–Kier alpha value is -3.52. The Bertz CT molecular complexity index is 1020. The van der Waals surface area contributed by atoms with Crippen molar-refractivity contribution >= 4 is 11.4 Å². The molecule has 0 radical (unpaired) electrons. The van der Waals surface area contributed by atoms with E-state index >= 15 is 0 Å². The average molecular weight is 399 g/mol. The van der Waals surface area contributed by atoms with Crippen molar-refractivity contribution in [3.05, 3.63) is 78.1 Å². The van der Waals surface area contributed by atoms with Crippen molar-refractivity contribution < 1.29 is 9.47 Å². The fraction of sp³-hybridized carbons (Fsp3) is 0.280. The Morgan fingerprint density at radius 1 is 1.03 bits per heavy atom. The highest BCUT2D eigenvalue weighted by Gasteiger charge is 2.20. The molecule has 0 aliphatic heterocycles. The molecule has 1 aromatic heterocycles. The Balaban J connectivity index is 1.72. The molecule has 1 saturated carbocycles. The second-order valence-corrected chi connectivity index (χ2v) is 7.47. The Labute approximate surface area is 177 Å². The molecule has 2 aromatic carbocycles. The van der Waals surface area contributed by atoms with Crippen LogP contribution in [0.3, 0.4) is 0 Å². The van der Waals surface area contributed by atoms with Crippen LogP contribution in [0.4, 0.5) is 11.4 Å². The van der Waals surface area contributed by atoms with Crippen LogP contribution in [0.2, 0.25) is 0 Å². The topological polar surface area (TPSA) is 58.4 Å². The second-order valence-electron chi connectivity index (χ2n) is 7.47. The Morgan fingerprint density at radius 3 is 2.60 bits per heavy atom. The molecule has 0 amide bonds. The molecular weight excluding hydrogens is 374 g/mol. The van der Waals surface area contributed by atoms with Crippen molar-refractivity contribution in [2.45, 2.75) is 38.3 Å². The molecule has 0 N–H and O–H groups in total. The summed E-state index contributed by atoms with van der Waals surface area (Å²) in [6.45, 7) is 0.623. The van der Waals surface area contributed by atoms with Crippen molar-refractivity contribution in [2.24, 2.45) is 0 Å². The number of nitrogens with zero attached hydrogens (tertiary/aromatic N) is 3. The van der Waals surface area contributed by atoms with E-state index in [1.807, 2.05) is 60.8 Å². The van der Waals surface area contributed by atoms with Crippen LogP contribution in [0, 0.1) is 11.3 Å². The third-order valence-corrected chi connectivity index (χ3v) is 5.41. The lowest BCUT2D eigenvalue weighted by Crippen LogP contribution is -2.17. The standard InChI is InChI=1S/C25H25N3O2/c1-29-24-12-11-22(15-25(24)30-23-9-2-3-10-23)28(18-20-7-5-13-27-17-20)21-8-4-6-19(14-21)16-26/h4-8,11-15,17,23H,2-3,9-10,18H2,1H3. The fourth-order valence-corrected chi connectivity index (χ4v) is 3.86. The highest BCUT2D eigenvalue weighted by Crippen LogP contribution is 2.37. The van der Waals surface area contributed by atoms with E-state index < -0.39 is 0 Å². The van der Waals surface area contributed by atoms with E-state index in [4.69, 9.17) is 9.47 Å². The van der Waals surface area contributed by atoms with E-state index in [0.29, 0.717) is 12.1 Å². The number of pyridine rings is 1. The minimum Gasteiger partial charge on any atom is -0.493 e. The van der Waals surface area contributed by atoms with Crippen molar-refractivity contribution in [1.82, 2.24) is 4.98 Å². The minimum absolute atomic E-state index is 0.239. The molecule has 0 spiro atoms. The SMILES string of the molecule is COc1ccc(N(Cc2cccnc2)c2cccc(C#N)c2)cc1OC1CCCC1. The van der Waals surface area contributed by atoms with Crippen molar-refractivity contribution in [2.75, 3.05) is 12.0 Å². The number of aromatic nitrogens is 1. The predicted molar refractivity (Wildman–Crippen MR) is 117 cm³/mol. The van der Waals surface area contributed by atoms with Gasteiger partial charge in [-0.05, 0) is 67.6 Å². The van der Waals surface area contributed by atoms with Crippen LogP contribution in [0.15, 0.2) is 67.0 Å². The zero-order chi connectivity index (χ0) is 20.8. The molecule has 0 saturated heterocycles. The van der Waals surface area contributed by atoms with Crippen LogP contribution < -0.4 is 14.4 Å². The van der Waals surface area contributed by atoms with E-state index in [1.54, 1.807) is 13.3 Å². The van der Waals surface area contributed by atoms with Gasteiger partial charge >= 0.3 is 0 Å². The van der Waals surface area contributed by atoms with Crippen LogP contribution in [-0.4, -0.2) is 18.2 Å². The number of hydrogen-bond acceptors (Lipinski definition) is 5. The van der Waals surface area contributed by atoms with Gasteiger partial charge in [0, 0.05) is 36.4 Å². The third kappa shape index (κ3) is 4.55. The van der Waals surface area contributed by atoms with Crippen LogP contribution in [0.5, 0.6) is 11.5 Å². The molecule has 5 nitrogen and oxygen atoms in total. The summed E-state index contributed by atoms with van der Waals surface area (Å²) in [6, 6.07) is 19.9. The number of hydrogen-bond donors (Lipinski definition) is 0.